The highest BCUT2D eigenvalue weighted by Crippen LogP contribution is 2.28. The van der Waals surface area contributed by atoms with E-state index in [0.717, 1.165) is 5.56 Å². The van der Waals surface area contributed by atoms with Gasteiger partial charge in [-0.05, 0) is 42.8 Å². The first-order valence-electron chi connectivity index (χ1n) is 8.65. The van der Waals surface area contributed by atoms with Crippen LogP contribution in [0.5, 0.6) is 11.5 Å². The number of amides is 2. The molecule has 8 heteroatoms. The average molecular weight is 386 g/mol. The lowest BCUT2D eigenvalue weighted by molar-refractivity contribution is -0.139. The van der Waals surface area contributed by atoms with Crippen LogP contribution in [-0.2, 0) is 16.1 Å². The summed E-state index contributed by atoms with van der Waals surface area (Å²) >= 11 is 0. The zero-order valence-corrected chi connectivity index (χ0v) is 15.7. The van der Waals surface area contributed by atoms with Crippen LogP contribution in [0.2, 0.25) is 0 Å². The molecule has 0 radical (unpaired) electrons. The van der Waals surface area contributed by atoms with Crippen molar-refractivity contribution in [1.82, 2.24) is 5.32 Å². The third kappa shape index (κ3) is 6.31. The normalized spacial score (nSPS) is 10.1. The number of carbonyl (C=O) groups is 3. The smallest absolute Gasteiger partial charge is 0.341 e. The first kappa shape index (κ1) is 20.8. The van der Waals surface area contributed by atoms with E-state index in [-0.39, 0.29) is 24.1 Å². The molecule has 2 aromatic carbocycles. The van der Waals surface area contributed by atoms with Crippen molar-refractivity contribution >= 4 is 23.5 Å². The molecule has 2 amide bonds. The Hall–Kier alpha value is -3.55. The van der Waals surface area contributed by atoms with Crippen molar-refractivity contribution in [3.63, 3.8) is 0 Å². The molecule has 0 aliphatic carbocycles. The number of carbonyl (C=O) groups excluding carboxylic acids is 2. The number of aliphatic carboxylic acids is 1. The molecular formula is C20H22N2O6. The van der Waals surface area contributed by atoms with Crippen LogP contribution in [0, 0.1) is 0 Å². The van der Waals surface area contributed by atoms with Gasteiger partial charge in [0, 0.05) is 24.7 Å². The molecular weight excluding hydrogens is 364 g/mol. The predicted octanol–water partition coefficient (Wildman–Crippen LogP) is 2.44. The standard InChI is InChI=1S/C20H22N2O6/c1-3-27-18-10-15(7-8-17(18)28-12-19(24)25)20(26)21-11-14-5-4-6-16(9-14)22-13(2)23/h4-10H,3,11-12H2,1-2H3,(H,21,26)(H,22,23)(H,24,25). The van der Waals surface area contributed by atoms with Crippen LogP contribution >= 0.6 is 0 Å². The molecule has 0 aliphatic rings. The lowest BCUT2D eigenvalue weighted by Crippen LogP contribution is -2.23. The maximum atomic E-state index is 12.4. The van der Waals surface area contributed by atoms with Gasteiger partial charge in [-0.2, -0.15) is 0 Å². The van der Waals surface area contributed by atoms with Crippen LogP contribution < -0.4 is 20.1 Å². The fourth-order valence-electron chi connectivity index (χ4n) is 2.42. The highest BCUT2D eigenvalue weighted by atomic mass is 16.5. The number of ether oxygens (including phenoxy) is 2. The number of carboxylic acid groups (broad SMARTS) is 1. The third-order valence-electron chi connectivity index (χ3n) is 3.56. The van der Waals surface area contributed by atoms with Gasteiger partial charge in [0.05, 0.1) is 6.61 Å². The zero-order valence-electron chi connectivity index (χ0n) is 15.7. The summed E-state index contributed by atoms with van der Waals surface area (Å²) in [4.78, 5) is 34.2. The number of hydrogen-bond acceptors (Lipinski definition) is 5. The molecule has 0 unspecified atom stereocenters. The molecule has 148 valence electrons. The van der Waals surface area contributed by atoms with Crippen LogP contribution in [0.25, 0.3) is 0 Å². The molecule has 3 N–H and O–H groups in total. The molecule has 0 saturated carbocycles. The van der Waals surface area contributed by atoms with Gasteiger partial charge in [-0.25, -0.2) is 4.79 Å². The van der Waals surface area contributed by atoms with E-state index < -0.39 is 12.6 Å². The Balaban J connectivity index is 2.06. The van der Waals surface area contributed by atoms with Crippen LogP contribution in [-0.4, -0.2) is 36.1 Å². The summed E-state index contributed by atoms with van der Waals surface area (Å²) in [5.41, 5.74) is 1.83. The van der Waals surface area contributed by atoms with E-state index in [0.29, 0.717) is 23.6 Å². The summed E-state index contributed by atoms with van der Waals surface area (Å²) in [5, 5.41) is 14.2. The van der Waals surface area contributed by atoms with Gasteiger partial charge in [0.1, 0.15) is 0 Å². The zero-order chi connectivity index (χ0) is 20.5. The Morgan fingerprint density at radius 3 is 2.50 bits per heavy atom. The molecule has 28 heavy (non-hydrogen) atoms. The van der Waals surface area contributed by atoms with E-state index in [1.807, 2.05) is 6.07 Å². The van der Waals surface area contributed by atoms with Gasteiger partial charge in [-0.1, -0.05) is 12.1 Å². The van der Waals surface area contributed by atoms with Crippen LogP contribution in [0.4, 0.5) is 5.69 Å². The number of nitrogens with one attached hydrogen (secondary N) is 2. The topological polar surface area (TPSA) is 114 Å². The lowest BCUT2D eigenvalue weighted by Gasteiger charge is -2.13. The van der Waals surface area contributed by atoms with Crippen molar-refractivity contribution in [1.29, 1.82) is 0 Å². The Bertz CT molecular complexity index is 866. The molecule has 2 aromatic rings. The predicted molar refractivity (Wildman–Crippen MR) is 103 cm³/mol. The fraction of sp³-hybridized carbons (Fsp3) is 0.250. The Kier molecular flexibility index (Phi) is 7.38. The van der Waals surface area contributed by atoms with E-state index in [2.05, 4.69) is 10.6 Å². The van der Waals surface area contributed by atoms with Crippen LogP contribution in [0.15, 0.2) is 42.5 Å². The summed E-state index contributed by atoms with van der Waals surface area (Å²) in [5.74, 6) is -1.05. The van der Waals surface area contributed by atoms with Crippen molar-refractivity contribution in [3.8, 4) is 11.5 Å². The molecule has 0 spiro atoms. The van der Waals surface area contributed by atoms with E-state index in [1.165, 1.54) is 25.1 Å². The van der Waals surface area contributed by atoms with Crippen LogP contribution in [0.3, 0.4) is 0 Å². The highest BCUT2D eigenvalue weighted by Gasteiger charge is 2.13. The van der Waals surface area contributed by atoms with E-state index in [4.69, 9.17) is 14.6 Å². The number of hydrogen-bond donors (Lipinski definition) is 3. The second-order valence-corrected chi connectivity index (χ2v) is 5.84. The molecule has 0 aromatic heterocycles. The minimum absolute atomic E-state index is 0.171. The van der Waals surface area contributed by atoms with Gasteiger partial charge in [0.15, 0.2) is 18.1 Å². The largest absolute Gasteiger partial charge is 0.490 e. The van der Waals surface area contributed by atoms with Crippen molar-refractivity contribution in [2.45, 2.75) is 20.4 Å². The average Bonchev–Trinajstić information content (AvgIpc) is 2.65. The highest BCUT2D eigenvalue weighted by molar-refractivity contribution is 5.95. The van der Waals surface area contributed by atoms with Gasteiger partial charge in [0.2, 0.25) is 5.91 Å². The molecule has 8 nitrogen and oxygen atoms in total. The van der Waals surface area contributed by atoms with E-state index in [1.54, 1.807) is 25.1 Å². The lowest BCUT2D eigenvalue weighted by atomic mass is 10.1. The summed E-state index contributed by atoms with van der Waals surface area (Å²) in [6.45, 7) is 3.30. The van der Waals surface area contributed by atoms with Gasteiger partial charge >= 0.3 is 5.97 Å². The van der Waals surface area contributed by atoms with E-state index in [9.17, 15) is 14.4 Å². The number of anilines is 1. The summed E-state index contributed by atoms with van der Waals surface area (Å²) < 4.78 is 10.6. The SMILES string of the molecule is CCOc1cc(C(=O)NCc2cccc(NC(C)=O)c2)ccc1OCC(=O)O. The maximum absolute atomic E-state index is 12.4. The monoisotopic (exact) mass is 386 g/mol. The second kappa shape index (κ2) is 9.96. The Labute approximate surface area is 162 Å². The van der Waals surface area contributed by atoms with Crippen molar-refractivity contribution in [3.05, 3.63) is 53.6 Å². The molecule has 0 atom stereocenters. The molecule has 0 fully saturated rings. The molecule has 0 saturated heterocycles. The molecule has 0 aliphatic heterocycles. The van der Waals surface area contributed by atoms with Gasteiger partial charge in [-0.15, -0.1) is 0 Å². The van der Waals surface area contributed by atoms with Gasteiger partial charge < -0.3 is 25.2 Å². The number of carboxylic acids is 1. The minimum atomic E-state index is -1.11. The fourth-order valence-corrected chi connectivity index (χ4v) is 2.42. The third-order valence-corrected chi connectivity index (χ3v) is 3.56. The van der Waals surface area contributed by atoms with Crippen LogP contribution in [0.1, 0.15) is 29.8 Å². The first-order valence-corrected chi connectivity index (χ1v) is 8.65. The summed E-state index contributed by atoms with van der Waals surface area (Å²) in [6, 6.07) is 11.7. The molecule has 2 rings (SSSR count). The quantitative estimate of drug-likeness (QED) is 0.610. The number of rotatable bonds is 9. The molecule has 0 bridgehead atoms. The summed E-state index contributed by atoms with van der Waals surface area (Å²) in [7, 11) is 0. The van der Waals surface area contributed by atoms with Gasteiger partial charge in [0.25, 0.3) is 5.91 Å². The van der Waals surface area contributed by atoms with Gasteiger partial charge in [-0.3, -0.25) is 9.59 Å². The molecule has 0 heterocycles. The number of benzene rings is 2. The summed E-state index contributed by atoms with van der Waals surface area (Å²) in [6.07, 6.45) is 0. The first-order chi connectivity index (χ1) is 13.4. The second-order valence-electron chi connectivity index (χ2n) is 5.84. The van der Waals surface area contributed by atoms with Crippen molar-refractivity contribution < 1.29 is 29.0 Å². The maximum Gasteiger partial charge on any atom is 0.341 e. The minimum Gasteiger partial charge on any atom is -0.490 e. The Morgan fingerprint density at radius 1 is 1.04 bits per heavy atom. The van der Waals surface area contributed by atoms with E-state index >= 15 is 0 Å². The van der Waals surface area contributed by atoms with Crippen molar-refractivity contribution in [2.24, 2.45) is 0 Å². The van der Waals surface area contributed by atoms with Crippen molar-refractivity contribution in [2.75, 3.05) is 18.5 Å². The Morgan fingerprint density at radius 2 is 1.82 bits per heavy atom.